The highest BCUT2D eigenvalue weighted by atomic mass is 16.4. The third-order valence-electron chi connectivity index (χ3n) is 3.87. The monoisotopic (exact) mass is 314 g/mol. The maximum atomic E-state index is 11.7. The van der Waals surface area contributed by atoms with Gasteiger partial charge in [-0.1, -0.05) is 55.4 Å². The molecule has 3 nitrogen and oxygen atoms in total. The van der Waals surface area contributed by atoms with E-state index in [1.807, 2.05) is 32.1 Å². The van der Waals surface area contributed by atoms with Gasteiger partial charge in [-0.25, -0.2) is 4.79 Å². The molecule has 0 aromatic carbocycles. The Bertz CT molecular complexity index is 638. The molecule has 0 radical (unpaired) electrons. The zero-order valence-corrected chi connectivity index (χ0v) is 14.6. The first-order valence-corrected chi connectivity index (χ1v) is 7.78. The third-order valence-corrected chi connectivity index (χ3v) is 3.87. The van der Waals surface area contributed by atoms with Crippen LogP contribution in [-0.2, 0) is 9.59 Å². The van der Waals surface area contributed by atoms with Crippen molar-refractivity contribution in [3.05, 3.63) is 58.7 Å². The van der Waals surface area contributed by atoms with Gasteiger partial charge in [0, 0.05) is 18.9 Å². The Hall–Kier alpha value is -2.16. The third kappa shape index (κ3) is 6.23. The van der Waals surface area contributed by atoms with Gasteiger partial charge in [0.1, 0.15) is 5.78 Å². The lowest BCUT2D eigenvalue weighted by Crippen LogP contribution is -2.25. The summed E-state index contributed by atoms with van der Waals surface area (Å²) in [6.07, 6.45) is 12.0. The van der Waals surface area contributed by atoms with Gasteiger partial charge in [0.05, 0.1) is 0 Å². The van der Waals surface area contributed by atoms with E-state index in [0.717, 1.165) is 11.1 Å². The Morgan fingerprint density at radius 1 is 1.17 bits per heavy atom. The van der Waals surface area contributed by atoms with Crippen molar-refractivity contribution in [2.75, 3.05) is 0 Å². The van der Waals surface area contributed by atoms with Gasteiger partial charge < -0.3 is 5.11 Å². The van der Waals surface area contributed by atoms with Crippen LogP contribution < -0.4 is 0 Å². The summed E-state index contributed by atoms with van der Waals surface area (Å²) in [7, 11) is 0. The number of carbonyl (C=O) groups is 2. The van der Waals surface area contributed by atoms with E-state index in [9.17, 15) is 9.59 Å². The Morgan fingerprint density at radius 3 is 2.39 bits per heavy atom. The van der Waals surface area contributed by atoms with Gasteiger partial charge in [-0.15, -0.1) is 0 Å². The van der Waals surface area contributed by atoms with Crippen molar-refractivity contribution in [1.29, 1.82) is 0 Å². The van der Waals surface area contributed by atoms with Gasteiger partial charge in [0.2, 0.25) is 0 Å². The highest BCUT2D eigenvalue weighted by molar-refractivity contribution is 5.84. The number of ketones is 1. The highest BCUT2D eigenvalue weighted by Crippen LogP contribution is 2.39. The van der Waals surface area contributed by atoms with E-state index in [1.54, 1.807) is 13.0 Å². The molecule has 0 heterocycles. The van der Waals surface area contributed by atoms with Crippen molar-refractivity contribution in [2.24, 2.45) is 5.41 Å². The van der Waals surface area contributed by atoms with Gasteiger partial charge in [-0.05, 0) is 37.3 Å². The molecule has 124 valence electrons. The molecule has 0 aliphatic heterocycles. The van der Waals surface area contributed by atoms with E-state index >= 15 is 0 Å². The number of Topliss-reactive ketones (excluding diaryl/α,β-unsaturated/α-hetero) is 1. The molecule has 1 aliphatic carbocycles. The van der Waals surface area contributed by atoms with E-state index < -0.39 is 5.97 Å². The van der Waals surface area contributed by atoms with Crippen LogP contribution in [0.25, 0.3) is 0 Å². The molecule has 0 saturated heterocycles. The van der Waals surface area contributed by atoms with Crippen LogP contribution in [0.1, 0.15) is 47.5 Å². The zero-order chi connectivity index (χ0) is 17.6. The fraction of sp³-hybridized carbons (Fsp3) is 0.400. The quantitative estimate of drug-likeness (QED) is 0.587. The predicted octanol–water partition coefficient (Wildman–Crippen LogP) is 4.78. The van der Waals surface area contributed by atoms with E-state index in [1.165, 1.54) is 11.6 Å². The van der Waals surface area contributed by atoms with Crippen molar-refractivity contribution in [2.45, 2.75) is 47.5 Å². The van der Waals surface area contributed by atoms with Gasteiger partial charge in [0.25, 0.3) is 0 Å². The van der Waals surface area contributed by atoms with Crippen LogP contribution in [0.15, 0.2) is 58.7 Å². The highest BCUT2D eigenvalue weighted by Gasteiger charge is 2.30. The lowest BCUT2D eigenvalue weighted by Gasteiger charge is -2.32. The van der Waals surface area contributed by atoms with Crippen molar-refractivity contribution in [3.8, 4) is 0 Å². The molecular formula is C20H26O3. The molecule has 3 heteroatoms. The molecule has 1 rings (SSSR count). The first-order valence-electron chi connectivity index (χ1n) is 7.78. The minimum atomic E-state index is -0.941. The lowest BCUT2D eigenvalue weighted by atomic mass is 9.72. The number of rotatable bonds is 5. The molecule has 0 aromatic heterocycles. The Kier molecular flexibility index (Phi) is 6.49. The number of carboxylic acid groups (broad SMARTS) is 1. The number of aliphatic carboxylic acids is 1. The average molecular weight is 314 g/mol. The molecule has 0 unspecified atom stereocenters. The summed E-state index contributed by atoms with van der Waals surface area (Å²) >= 11 is 0. The second kappa shape index (κ2) is 7.91. The van der Waals surface area contributed by atoms with Crippen LogP contribution in [0.5, 0.6) is 0 Å². The van der Waals surface area contributed by atoms with Crippen molar-refractivity contribution in [3.63, 3.8) is 0 Å². The van der Waals surface area contributed by atoms with E-state index in [4.69, 9.17) is 5.11 Å². The second-order valence-corrected chi connectivity index (χ2v) is 6.80. The Balaban J connectivity index is 2.86. The minimum absolute atomic E-state index is 0.118. The molecule has 1 aliphatic rings. The molecule has 0 atom stereocenters. The van der Waals surface area contributed by atoms with Crippen LogP contribution in [-0.4, -0.2) is 16.9 Å². The largest absolute Gasteiger partial charge is 0.478 e. The van der Waals surface area contributed by atoms with Crippen molar-refractivity contribution < 1.29 is 14.7 Å². The smallest absolute Gasteiger partial charge is 0.328 e. The summed E-state index contributed by atoms with van der Waals surface area (Å²) in [5.41, 5.74) is 4.02. The van der Waals surface area contributed by atoms with E-state index in [-0.39, 0.29) is 5.41 Å². The topological polar surface area (TPSA) is 54.4 Å². The average Bonchev–Trinajstić information content (AvgIpc) is 2.35. The molecule has 0 saturated carbocycles. The second-order valence-electron chi connectivity index (χ2n) is 6.80. The summed E-state index contributed by atoms with van der Waals surface area (Å²) < 4.78 is 0. The molecule has 1 N–H and O–H groups in total. The zero-order valence-electron chi connectivity index (χ0n) is 14.6. The molecule has 0 fully saturated rings. The first kappa shape index (κ1) is 18.9. The van der Waals surface area contributed by atoms with Gasteiger partial charge in [-0.2, -0.15) is 0 Å². The van der Waals surface area contributed by atoms with Crippen LogP contribution in [0.4, 0.5) is 0 Å². The summed E-state index contributed by atoms with van der Waals surface area (Å²) in [6, 6.07) is 0. The van der Waals surface area contributed by atoms with Crippen LogP contribution in [0.2, 0.25) is 0 Å². The van der Waals surface area contributed by atoms with Crippen LogP contribution >= 0.6 is 0 Å². The summed E-state index contributed by atoms with van der Waals surface area (Å²) in [5, 5.41) is 8.65. The predicted molar refractivity (Wildman–Crippen MR) is 94.2 cm³/mol. The lowest BCUT2D eigenvalue weighted by molar-refractivity contribution is -0.131. The molecule has 23 heavy (non-hydrogen) atoms. The number of carbonyl (C=O) groups excluding carboxylic acids is 1. The Labute approximate surface area is 138 Å². The number of hydrogen-bond donors (Lipinski definition) is 1. The molecule has 0 amide bonds. The molecule has 0 spiro atoms. The summed E-state index contributed by atoms with van der Waals surface area (Å²) in [6.45, 7) is 9.98. The van der Waals surface area contributed by atoms with E-state index in [0.29, 0.717) is 24.2 Å². The van der Waals surface area contributed by atoms with Crippen LogP contribution in [0.3, 0.4) is 0 Å². The number of carboxylic acids is 1. The number of allylic oxidation sites excluding steroid dienone is 9. The maximum absolute atomic E-state index is 11.7. The van der Waals surface area contributed by atoms with E-state index in [2.05, 4.69) is 19.9 Å². The molecule has 0 bridgehead atoms. The SMILES string of the molecule is CC(C=CC1=C(C)CC(=O)CC1(C)C)=CC=CC(C)=CC(=O)O. The number of hydrogen-bond acceptors (Lipinski definition) is 2. The first-order chi connectivity index (χ1) is 10.6. The van der Waals surface area contributed by atoms with Crippen LogP contribution in [0, 0.1) is 5.41 Å². The van der Waals surface area contributed by atoms with Gasteiger partial charge in [0.15, 0.2) is 0 Å². The molecular weight excluding hydrogens is 288 g/mol. The molecule has 0 aromatic rings. The van der Waals surface area contributed by atoms with Gasteiger partial charge in [-0.3, -0.25) is 4.79 Å². The normalized spacial score (nSPS) is 20.0. The fourth-order valence-electron chi connectivity index (χ4n) is 2.85. The Morgan fingerprint density at radius 2 is 1.83 bits per heavy atom. The van der Waals surface area contributed by atoms with Crippen molar-refractivity contribution >= 4 is 11.8 Å². The standard InChI is InChI=1S/C20H26O3/c1-14(7-6-8-15(2)11-19(22)23)9-10-18-16(3)12-17(21)13-20(18,4)5/h6-11H,12-13H2,1-5H3,(H,22,23). The minimum Gasteiger partial charge on any atom is -0.478 e. The maximum Gasteiger partial charge on any atom is 0.328 e. The van der Waals surface area contributed by atoms with Gasteiger partial charge >= 0.3 is 5.97 Å². The fourth-order valence-corrected chi connectivity index (χ4v) is 2.85. The summed E-state index contributed by atoms with van der Waals surface area (Å²) in [4.78, 5) is 22.3. The summed E-state index contributed by atoms with van der Waals surface area (Å²) in [5.74, 6) is -0.634. The van der Waals surface area contributed by atoms with Crippen molar-refractivity contribution in [1.82, 2.24) is 0 Å².